The first-order valence-electron chi connectivity index (χ1n) is 7.28. The monoisotopic (exact) mass is 279 g/mol. The number of carbonyl (C=O) groups excluding carboxylic acids is 1. The van der Waals surface area contributed by atoms with Crippen molar-refractivity contribution >= 4 is 5.97 Å². The number of phenols is 1. The van der Waals surface area contributed by atoms with Gasteiger partial charge in [-0.05, 0) is 25.5 Å². The molecule has 0 aliphatic carbocycles. The SMILES string of the molecule is COC(=O)CCCCCCCNCc1ccccc1O. The molecule has 0 amide bonds. The van der Waals surface area contributed by atoms with Crippen LogP contribution in [-0.4, -0.2) is 24.7 Å². The second kappa shape index (κ2) is 10.3. The van der Waals surface area contributed by atoms with Crippen LogP contribution in [0.25, 0.3) is 0 Å². The number of hydrogen-bond donors (Lipinski definition) is 2. The molecule has 0 fully saturated rings. The number of phenolic OH excluding ortho intramolecular Hbond substituents is 1. The molecule has 4 nitrogen and oxygen atoms in total. The highest BCUT2D eigenvalue weighted by atomic mass is 16.5. The molecule has 0 aromatic heterocycles. The van der Waals surface area contributed by atoms with Crippen LogP contribution in [0.3, 0.4) is 0 Å². The van der Waals surface area contributed by atoms with Crippen LogP contribution in [0, 0.1) is 0 Å². The molecule has 0 aliphatic heterocycles. The average molecular weight is 279 g/mol. The van der Waals surface area contributed by atoms with Crippen molar-refractivity contribution in [3.05, 3.63) is 29.8 Å². The van der Waals surface area contributed by atoms with Gasteiger partial charge in [0.25, 0.3) is 0 Å². The Morgan fingerprint density at radius 2 is 1.85 bits per heavy atom. The van der Waals surface area contributed by atoms with E-state index in [4.69, 9.17) is 0 Å². The van der Waals surface area contributed by atoms with Crippen molar-refractivity contribution in [1.29, 1.82) is 0 Å². The van der Waals surface area contributed by atoms with Crippen molar-refractivity contribution in [1.82, 2.24) is 5.32 Å². The maximum atomic E-state index is 10.9. The zero-order valence-electron chi connectivity index (χ0n) is 12.2. The molecule has 0 heterocycles. The van der Waals surface area contributed by atoms with Gasteiger partial charge < -0.3 is 15.2 Å². The summed E-state index contributed by atoms with van der Waals surface area (Å²) in [6, 6.07) is 7.39. The van der Waals surface area contributed by atoms with E-state index in [0.717, 1.165) is 44.2 Å². The lowest BCUT2D eigenvalue weighted by molar-refractivity contribution is -0.140. The Kier molecular flexibility index (Phi) is 8.47. The quantitative estimate of drug-likeness (QED) is 0.510. The molecule has 0 aliphatic rings. The Hall–Kier alpha value is -1.55. The predicted molar refractivity (Wildman–Crippen MR) is 79.5 cm³/mol. The van der Waals surface area contributed by atoms with Crippen LogP contribution in [0.4, 0.5) is 0 Å². The summed E-state index contributed by atoms with van der Waals surface area (Å²) in [5.74, 6) is 0.233. The van der Waals surface area contributed by atoms with E-state index in [1.807, 2.05) is 18.2 Å². The van der Waals surface area contributed by atoms with E-state index < -0.39 is 0 Å². The highest BCUT2D eigenvalue weighted by Crippen LogP contribution is 2.14. The molecule has 0 unspecified atom stereocenters. The summed E-state index contributed by atoms with van der Waals surface area (Å²) in [4.78, 5) is 10.9. The lowest BCUT2D eigenvalue weighted by Gasteiger charge is -2.06. The summed E-state index contributed by atoms with van der Waals surface area (Å²) in [6.07, 6.45) is 5.95. The van der Waals surface area contributed by atoms with Gasteiger partial charge in [-0.15, -0.1) is 0 Å². The van der Waals surface area contributed by atoms with Crippen LogP contribution in [0.1, 0.15) is 44.1 Å². The maximum Gasteiger partial charge on any atom is 0.305 e. The van der Waals surface area contributed by atoms with Gasteiger partial charge in [-0.25, -0.2) is 0 Å². The Morgan fingerprint density at radius 1 is 1.15 bits per heavy atom. The van der Waals surface area contributed by atoms with E-state index in [-0.39, 0.29) is 5.97 Å². The average Bonchev–Trinajstić information content (AvgIpc) is 2.47. The Morgan fingerprint density at radius 3 is 2.60 bits per heavy atom. The van der Waals surface area contributed by atoms with Gasteiger partial charge >= 0.3 is 5.97 Å². The smallest absolute Gasteiger partial charge is 0.305 e. The van der Waals surface area contributed by atoms with Crippen LogP contribution in [0.5, 0.6) is 5.75 Å². The highest BCUT2D eigenvalue weighted by Gasteiger charge is 2.00. The zero-order chi connectivity index (χ0) is 14.6. The molecule has 1 aromatic rings. The fraction of sp³-hybridized carbons (Fsp3) is 0.562. The number of hydrogen-bond acceptors (Lipinski definition) is 4. The van der Waals surface area contributed by atoms with Crippen molar-refractivity contribution in [2.75, 3.05) is 13.7 Å². The number of carbonyl (C=O) groups is 1. The second-order valence-corrected chi connectivity index (χ2v) is 4.90. The number of benzene rings is 1. The summed E-state index contributed by atoms with van der Waals surface area (Å²) >= 11 is 0. The molecule has 0 atom stereocenters. The van der Waals surface area contributed by atoms with Gasteiger partial charge in [0.05, 0.1) is 7.11 Å². The number of aromatic hydroxyl groups is 1. The van der Waals surface area contributed by atoms with Crippen LogP contribution in [0.15, 0.2) is 24.3 Å². The molecular weight excluding hydrogens is 254 g/mol. The number of ether oxygens (including phenoxy) is 1. The molecule has 4 heteroatoms. The molecule has 0 radical (unpaired) electrons. The first kappa shape index (κ1) is 16.5. The number of esters is 1. The van der Waals surface area contributed by atoms with Crippen LogP contribution in [-0.2, 0) is 16.1 Å². The van der Waals surface area contributed by atoms with Crippen molar-refractivity contribution < 1.29 is 14.6 Å². The van der Waals surface area contributed by atoms with Crippen LogP contribution >= 0.6 is 0 Å². The van der Waals surface area contributed by atoms with Gasteiger partial charge in [0.2, 0.25) is 0 Å². The molecule has 2 N–H and O–H groups in total. The maximum absolute atomic E-state index is 10.9. The first-order chi connectivity index (χ1) is 9.74. The first-order valence-corrected chi connectivity index (χ1v) is 7.28. The second-order valence-electron chi connectivity index (χ2n) is 4.90. The molecule has 0 bridgehead atoms. The molecule has 0 saturated carbocycles. The largest absolute Gasteiger partial charge is 0.508 e. The molecule has 1 aromatic carbocycles. The zero-order valence-corrected chi connectivity index (χ0v) is 12.2. The molecule has 112 valence electrons. The van der Waals surface area contributed by atoms with Gasteiger partial charge in [-0.3, -0.25) is 4.79 Å². The third kappa shape index (κ3) is 7.14. The van der Waals surface area contributed by atoms with E-state index in [0.29, 0.717) is 18.7 Å². The third-order valence-electron chi connectivity index (χ3n) is 3.27. The van der Waals surface area contributed by atoms with Crippen molar-refractivity contribution in [2.24, 2.45) is 0 Å². The summed E-state index contributed by atoms with van der Waals surface area (Å²) in [6.45, 7) is 1.65. The molecule has 1 rings (SSSR count). The van der Waals surface area contributed by atoms with E-state index in [1.165, 1.54) is 7.11 Å². The molecule has 0 saturated heterocycles. The summed E-state index contributed by atoms with van der Waals surface area (Å²) in [5.41, 5.74) is 0.936. The number of rotatable bonds is 10. The highest BCUT2D eigenvalue weighted by molar-refractivity contribution is 5.68. The van der Waals surface area contributed by atoms with E-state index in [2.05, 4.69) is 10.1 Å². The third-order valence-corrected chi connectivity index (χ3v) is 3.27. The number of para-hydroxylation sites is 1. The molecule has 20 heavy (non-hydrogen) atoms. The Bertz CT molecular complexity index is 393. The Labute approximate surface area is 121 Å². The topological polar surface area (TPSA) is 58.6 Å². The van der Waals surface area contributed by atoms with Gasteiger partial charge in [0, 0.05) is 18.5 Å². The normalized spacial score (nSPS) is 10.4. The van der Waals surface area contributed by atoms with Crippen molar-refractivity contribution in [3.63, 3.8) is 0 Å². The minimum Gasteiger partial charge on any atom is -0.508 e. The van der Waals surface area contributed by atoms with Crippen LogP contribution in [0.2, 0.25) is 0 Å². The molecular formula is C16H25NO3. The van der Waals surface area contributed by atoms with Gasteiger partial charge in [0.15, 0.2) is 0 Å². The lowest BCUT2D eigenvalue weighted by Crippen LogP contribution is -2.14. The minimum atomic E-state index is -0.116. The van der Waals surface area contributed by atoms with E-state index in [1.54, 1.807) is 6.07 Å². The summed E-state index contributed by atoms with van der Waals surface area (Å²) in [5, 5.41) is 12.9. The summed E-state index contributed by atoms with van der Waals surface area (Å²) < 4.78 is 4.59. The van der Waals surface area contributed by atoms with Gasteiger partial charge in [-0.2, -0.15) is 0 Å². The van der Waals surface area contributed by atoms with Gasteiger partial charge in [-0.1, -0.05) is 37.5 Å². The minimum absolute atomic E-state index is 0.116. The lowest BCUT2D eigenvalue weighted by atomic mass is 10.1. The van der Waals surface area contributed by atoms with Gasteiger partial charge in [0.1, 0.15) is 5.75 Å². The fourth-order valence-corrected chi connectivity index (χ4v) is 2.04. The molecule has 0 spiro atoms. The van der Waals surface area contributed by atoms with Crippen molar-refractivity contribution in [3.8, 4) is 5.75 Å². The Balaban J connectivity index is 1.93. The number of methoxy groups -OCH3 is 1. The van der Waals surface area contributed by atoms with Crippen LogP contribution < -0.4 is 5.32 Å². The predicted octanol–water partition coefficient (Wildman–Crippen LogP) is 3.00. The van der Waals surface area contributed by atoms with E-state index >= 15 is 0 Å². The fourth-order valence-electron chi connectivity index (χ4n) is 2.04. The standard InChI is InChI=1S/C16H25NO3/c1-20-16(19)11-5-3-2-4-8-12-17-13-14-9-6-7-10-15(14)18/h6-7,9-10,17-18H,2-5,8,11-13H2,1H3. The summed E-state index contributed by atoms with van der Waals surface area (Å²) in [7, 11) is 1.43. The number of unbranched alkanes of at least 4 members (excludes halogenated alkanes) is 4. The van der Waals surface area contributed by atoms with E-state index in [9.17, 15) is 9.90 Å². The van der Waals surface area contributed by atoms with Crippen molar-refractivity contribution in [2.45, 2.75) is 45.1 Å². The number of nitrogens with one attached hydrogen (secondary N) is 1.